The summed E-state index contributed by atoms with van der Waals surface area (Å²) < 4.78 is 11.3. The van der Waals surface area contributed by atoms with Crippen molar-refractivity contribution in [2.45, 2.75) is 6.61 Å². The summed E-state index contributed by atoms with van der Waals surface area (Å²) in [6.07, 6.45) is 0. The van der Waals surface area contributed by atoms with Gasteiger partial charge in [-0.3, -0.25) is 0 Å². The third-order valence-electron chi connectivity index (χ3n) is 2.69. The summed E-state index contributed by atoms with van der Waals surface area (Å²) in [6, 6.07) is 17.8. The molecule has 0 aliphatic carbocycles. The van der Waals surface area contributed by atoms with E-state index in [1.807, 2.05) is 49.5 Å². The molecule has 100 valence electrons. The lowest BCUT2D eigenvalue weighted by atomic mass is 10.2. The molecule has 0 aliphatic rings. The van der Waals surface area contributed by atoms with E-state index in [0.717, 1.165) is 23.6 Å². The molecule has 0 saturated carbocycles. The van der Waals surface area contributed by atoms with Crippen molar-refractivity contribution in [3.63, 3.8) is 0 Å². The van der Waals surface area contributed by atoms with E-state index in [4.69, 9.17) is 9.47 Å². The van der Waals surface area contributed by atoms with E-state index in [2.05, 4.69) is 17.4 Å². The molecule has 0 aliphatic heterocycles. The highest BCUT2D eigenvalue weighted by molar-refractivity contribution is 5.31. The lowest BCUT2D eigenvalue weighted by Gasteiger charge is -2.08. The third kappa shape index (κ3) is 4.64. The highest BCUT2D eigenvalue weighted by Gasteiger charge is 1.97. The minimum atomic E-state index is 0.584. The van der Waals surface area contributed by atoms with Crippen LogP contribution in [-0.4, -0.2) is 20.2 Å². The van der Waals surface area contributed by atoms with Crippen molar-refractivity contribution in [2.24, 2.45) is 0 Å². The molecule has 2 aromatic carbocycles. The van der Waals surface area contributed by atoms with Crippen LogP contribution in [0, 0.1) is 0 Å². The zero-order valence-electron chi connectivity index (χ0n) is 11.1. The maximum Gasteiger partial charge on any atom is 0.120 e. The first-order valence-electron chi connectivity index (χ1n) is 6.42. The molecule has 0 atom stereocenters. The first-order valence-corrected chi connectivity index (χ1v) is 6.42. The molecular weight excluding hydrogens is 238 g/mol. The minimum absolute atomic E-state index is 0.584. The summed E-state index contributed by atoms with van der Waals surface area (Å²) in [5.41, 5.74) is 1.16. The van der Waals surface area contributed by atoms with Crippen molar-refractivity contribution in [3.8, 4) is 11.5 Å². The lowest BCUT2D eigenvalue weighted by molar-refractivity contribution is 0.301. The Hall–Kier alpha value is -2.00. The topological polar surface area (TPSA) is 30.5 Å². The standard InChI is InChI=1S/C16H19NO2/c1-17-11-12-18-15-7-9-16(10-8-15)19-13-14-5-3-2-4-6-14/h2-10,17H,11-13H2,1H3. The fourth-order valence-corrected chi connectivity index (χ4v) is 1.64. The monoisotopic (exact) mass is 257 g/mol. The number of ether oxygens (including phenoxy) is 2. The average Bonchev–Trinajstić information content (AvgIpc) is 2.48. The SMILES string of the molecule is CNCCOc1ccc(OCc2ccccc2)cc1. The predicted octanol–water partition coefficient (Wildman–Crippen LogP) is 2.86. The summed E-state index contributed by atoms with van der Waals surface area (Å²) >= 11 is 0. The van der Waals surface area contributed by atoms with Crippen LogP contribution < -0.4 is 14.8 Å². The van der Waals surface area contributed by atoms with Gasteiger partial charge in [-0.25, -0.2) is 0 Å². The second kappa shape index (κ2) is 7.44. The second-order valence-corrected chi connectivity index (χ2v) is 4.20. The number of hydrogen-bond donors (Lipinski definition) is 1. The van der Waals surface area contributed by atoms with Crippen molar-refractivity contribution in [1.29, 1.82) is 0 Å². The quantitative estimate of drug-likeness (QED) is 0.774. The summed E-state index contributed by atoms with van der Waals surface area (Å²) in [7, 11) is 1.91. The Morgan fingerprint density at radius 1 is 0.842 bits per heavy atom. The number of hydrogen-bond acceptors (Lipinski definition) is 3. The molecule has 2 rings (SSSR count). The van der Waals surface area contributed by atoms with Gasteiger partial charge in [0.2, 0.25) is 0 Å². The van der Waals surface area contributed by atoms with E-state index in [1.54, 1.807) is 0 Å². The second-order valence-electron chi connectivity index (χ2n) is 4.20. The zero-order chi connectivity index (χ0) is 13.3. The number of likely N-dealkylation sites (N-methyl/N-ethyl adjacent to an activating group) is 1. The Kier molecular flexibility index (Phi) is 5.26. The van der Waals surface area contributed by atoms with Crippen LogP contribution in [0.2, 0.25) is 0 Å². The number of benzene rings is 2. The normalized spacial score (nSPS) is 10.2. The van der Waals surface area contributed by atoms with Crippen LogP contribution in [0.15, 0.2) is 54.6 Å². The minimum Gasteiger partial charge on any atom is -0.492 e. The molecule has 1 N–H and O–H groups in total. The fraction of sp³-hybridized carbons (Fsp3) is 0.250. The van der Waals surface area contributed by atoms with Crippen molar-refractivity contribution in [3.05, 3.63) is 60.2 Å². The van der Waals surface area contributed by atoms with Crippen LogP contribution in [0.5, 0.6) is 11.5 Å². The summed E-state index contributed by atoms with van der Waals surface area (Å²) in [5, 5.41) is 3.04. The average molecular weight is 257 g/mol. The van der Waals surface area contributed by atoms with Crippen molar-refractivity contribution in [2.75, 3.05) is 20.2 Å². The van der Waals surface area contributed by atoms with Gasteiger partial charge in [-0.15, -0.1) is 0 Å². The first-order chi connectivity index (χ1) is 9.38. The number of nitrogens with one attached hydrogen (secondary N) is 1. The van der Waals surface area contributed by atoms with Gasteiger partial charge in [-0.2, -0.15) is 0 Å². The van der Waals surface area contributed by atoms with Gasteiger partial charge in [0.05, 0.1) is 0 Å². The van der Waals surface area contributed by atoms with Gasteiger partial charge < -0.3 is 14.8 Å². The van der Waals surface area contributed by atoms with Crippen molar-refractivity contribution >= 4 is 0 Å². The van der Waals surface area contributed by atoms with E-state index in [9.17, 15) is 0 Å². The molecular formula is C16H19NO2. The molecule has 0 aromatic heterocycles. The van der Waals surface area contributed by atoms with Gasteiger partial charge in [-0.1, -0.05) is 30.3 Å². The van der Waals surface area contributed by atoms with Crippen LogP contribution >= 0.6 is 0 Å². The summed E-state index contributed by atoms with van der Waals surface area (Å²) in [4.78, 5) is 0. The van der Waals surface area contributed by atoms with Crippen LogP contribution in [0.25, 0.3) is 0 Å². The molecule has 0 fully saturated rings. The highest BCUT2D eigenvalue weighted by Crippen LogP contribution is 2.18. The van der Waals surface area contributed by atoms with Gasteiger partial charge in [-0.05, 0) is 36.9 Å². The smallest absolute Gasteiger partial charge is 0.120 e. The van der Waals surface area contributed by atoms with Gasteiger partial charge in [0.15, 0.2) is 0 Å². The van der Waals surface area contributed by atoms with E-state index < -0.39 is 0 Å². The molecule has 19 heavy (non-hydrogen) atoms. The molecule has 0 heterocycles. The summed E-state index contributed by atoms with van der Waals surface area (Å²) in [5.74, 6) is 1.71. The molecule has 0 unspecified atom stereocenters. The molecule has 0 amide bonds. The number of rotatable bonds is 7. The van der Waals surface area contributed by atoms with Crippen LogP contribution in [-0.2, 0) is 6.61 Å². The van der Waals surface area contributed by atoms with Crippen LogP contribution in [0.3, 0.4) is 0 Å². The first kappa shape index (κ1) is 13.4. The highest BCUT2D eigenvalue weighted by atomic mass is 16.5. The van der Waals surface area contributed by atoms with E-state index >= 15 is 0 Å². The Morgan fingerprint density at radius 2 is 1.47 bits per heavy atom. The molecule has 3 nitrogen and oxygen atoms in total. The van der Waals surface area contributed by atoms with Gasteiger partial charge in [0.1, 0.15) is 24.7 Å². The van der Waals surface area contributed by atoms with Crippen LogP contribution in [0.1, 0.15) is 5.56 Å². The van der Waals surface area contributed by atoms with Gasteiger partial charge in [0, 0.05) is 6.54 Å². The van der Waals surface area contributed by atoms with Crippen LogP contribution in [0.4, 0.5) is 0 Å². The third-order valence-corrected chi connectivity index (χ3v) is 2.69. The molecule has 3 heteroatoms. The van der Waals surface area contributed by atoms with E-state index in [1.165, 1.54) is 0 Å². The zero-order valence-corrected chi connectivity index (χ0v) is 11.1. The lowest BCUT2D eigenvalue weighted by Crippen LogP contribution is -2.15. The molecule has 2 aromatic rings. The van der Waals surface area contributed by atoms with E-state index in [0.29, 0.717) is 13.2 Å². The van der Waals surface area contributed by atoms with E-state index in [-0.39, 0.29) is 0 Å². The molecule has 0 saturated heterocycles. The fourth-order valence-electron chi connectivity index (χ4n) is 1.64. The van der Waals surface area contributed by atoms with Crippen molar-refractivity contribution < 1.29 is 9.47 Å². The Balaban J connectivity index is 1.81. The predicted molar refractivity (Wildman–Crippen MR) is 76.6 cm³/mol. The summed E-state index contributed by atoms with van der Waals surface area (Å²) in [6.45, 7) is 2.09. The largest absolute Gasteiger partial charge is 0.492 e. The molecule has 0 bridgehead atoms. The molecule has 0 radical (unpaired) electrons. The Labute approximate surface area is 114 Å². The maximum absolute atomic E-state index is 5.70. The van der Waals surface area contributed by atoms with Crippen molar-refractivity contribution in [1.82, 2.24) is 5.32 Å². The van der Waals surface area contributed by atoms with Gasteiger partial charge in [0.25, 0.3) is 0 Å². The van der Waals surface area contributed by atoms with Gasteiger partial charge >= 0.3 is 0 Å². The maximum atomic E-state index is 5.70. The Bertz CT molecular complexity index is 468. The molecule has 0 spiro atoms. The Morgan fingerprint density at radius 3 is 2.11 bits per heavy atom.